The number of hydrogen-bond donors (Lipinski definition) is 0. The van der Waals surface area contributed by atoms with Crippen molar-refractivity contribution in [1.29, 1.82) is 0 Å². The van der Waals surface area contributed by atoms with Crippen molar-refractivity contribution in [2.24, 2.45) is 0 Å². The molecule has 4 heteroatoms. The van der Waals surface area contributed by atoms with Crippen LogP contribution in [-0.2, 0) is 12.6 Å². The summed E-state index contributed by atoms with van der Waals surface area (Å²) in [4.78, 5) is 0. The normalized spacial score (nSPS) is 10.9. The SMILES string of the molecule is CCC(F)=C=CCCc1ccc(C(F)(F)F)cc1. The smallest absolute Gasteiger partial charge is 0.203 e. The summed E-state index contributed by atoms with van der Waals surface area (Å²) in [5.74, 6) is -0.317. The largest absolute Gasteiger partial charge is 0.416 e. The predicted molar refractivity (Wildman–Crippen MR) is 62.8 cm³/mol. The fourth-order valence-corrected chi connectivity index (χ4v) is 1.38. The van der Waals surface area contributed by atoms with Gasteiger partial charge < -0.3 is 0 Å². The summed E-state index contributed by atoms with van der Waals surface area (Å²) in [6, 6.07) is 5.00. The number of allylic oxidation sites excluding steroid dienone is 1. The van der Waals surface area contributed by atoms with Crippen LogP contribution < -0.4 is 0 Å². The lowest BCUT2D eigenvalue weighted by atomic mass is 10.1. The molecule has 0 nitrogen and oxygen atoms in total. The van der Waals surface area contributed by atoms with Gasteiger partial charge >= 0.3 is 6.18 Å². The van der Waals surface area contributed by atoms with Crippen molar-refractivity contribution in [3.63, 3.8) is 0 Å². The Morgan fingerprint density at radius 2 is 1.83 bits per heavy atom. The van der Waals surface area contributed by atoms with Crippen LogP contribution in [0.4, 0.5) is 17.6 Å². The first kappa shape index (κ1) is 14.5. The highest BCUT2D eigenvalue weighted by Crippen LogP contribution is 2.29. The van der Waals surface area contributed by atoms with Gasteiger partial charge in [0.2, 0.25) is 0 Å². The van der Waals surface area contributed by atoms with Crippen LogP contribution >= 0.6 is 0 Å². The maximum Gasteiger partial charge on any atom is 0.416 e. The van der Waals surface area contributed by atoms with E-state index in [1.54, 1.807) is 13.0 Å². The minimum atomic E-state index is -4.30. The topological polar surface area (TPSA) is 0 Å². The second-order valence-corrected chi connectivity index (χ2v) is 3.84. The van der Waals surface area contributed by atoms with Gasteiger partial charge in [-0.2, -0.15) is 13.2 Å². The Bertz CT molecular complexity index is 434. The number of hydrogen-bond acceptors (Lipinski definition) is 0. The van der Waals surface area contributed by atoms with E-state index in [0.29, 0.717) is 19.3 Å². The van der Waals surface area contributed by atoms with Gasteiger partial charge in [-0.3, -0.25) is 0 Å². The van der Waals surface area contributed by atoms with E-state index in [9.17, 15) is 17.6 Å². The molecule has 0 saturated heterocycles. The molecule has 0 radical (unpaired) electrons. The lowest BCUT2D eigenvalue weighted by molar-refractivity contribution is -0.137. The lowest BCUT2D eigenvalue weighted by Crippen LogP contribution is -2.04. The average Bonchev–Trinajstić information content (AvgIpc) is 2.33. The van der Waals surface area contributed by atoms with Gasteiger partial charge in [0.25, 0.3) is 0 Å². The highest BCUT2D eigenvalue weighted by Gasteiger charge is 2.29. The summed E-state index contributed by atoms with van der Waals surface area (Å²) in [6.07, 6.45) is -1.31. The maximum atomic E-state index is 12.7. The molecule has 0 N–H and O–H groups in total. The van der Waals surface area contributed by atoms with E-state index < -0.39 is 11.7 Å². The summed E-state index contributed by atoms with van der Waals surface area (Å²) in [6.45, 7) is 1.69. The average molecular weight is 258 g/mol. The van der Waals surface area contributed by atoms with Gasteiger partial charge in [-0.1, -0.05) is 24.8 Å². The molecule has 0 spiro atoms. The van der Waals surface area contributed by atoms with Gasteiger partial charge in [0.1, 0.15) is 5.83 Å². The standard InChI is InChI=1S/C14H14F4/c1-2-13(15)6-4-3-5-11-7-9-12(10-8-11)14(16,17)18/h4,7-10H,2-3,5H2,1H3. The third-order valence-corrected chi connectivity index (χ3v) is 2.43. The fraction of sp³-hybridized carbons (Fsp3) is 0.357. The van der Waals surface area contributed by atoms with Gasteiger partial charge in [-0.05, 0) is 36.6 Å². The second kappa shape index (κ2) is 6.41. The van der Waals surface area contributed by atoms with Crippen LogP contribution in [0, 0.1) is 0 Å². The number of alkyl halides is 3. The Labute approximate surface area is 104 Å². The molecule has 0 aromatic heterocycles. The Morgan fingerprint density at radius 3 is 2.33 bits per heavy atom. The zero-order valence-corrected chi connectivity index (χ0v) is 10.0. The molecule has 0 amide bonds. The van der Waals surface area contributed by atoms with Crippen molar-refractivity contribution in [3.05, 3.63) is 53.0 Å². The number of rotatable bonds is 4. The third-order valence-electron chi connectivity index (χ3n) is 2.43. The molecule has 18 heavy (non-hydrogen) atoms. The zero-order chi connectivity index (χ0) is 13.6. The second-order valence-electron chi connectivity index (χ2n) is 3.84. The summed E-state index contributed by atoms with van der Waals surface area (Å²) in [5.41, 5.74) is 2.62. The minimum Gasteiger partial charge on any atom is -0.203 e. The van der Waals surface area contributed by atoms with Crippen molar-refractivity contribution in [1.82, 2.24) is 0 Å². The first-order valence-electron chi connectivity index (χ1n) is 5.69. The summed E-state index contributed by atoms with van der Waals surface area (Å²) < 4.78 is 49.6. The molecule has 0 unspecified atom stereocenters. The van der Waals surface area contributed by atoms with Crippen molar-refractivity contribution >= 4 is 0 Å². The fourth-order valence-electron chi connectivity index (χ4n) is 1.38. The molecule has 0 aliphatic heterocycles. The Hall–Kier alpha value is -1.54. The molecule has 0 aliphatic carbocycles. The van der Waals surface area contributed by atoms with Gasteiger partial charge in [-0.15, -0.1) is 0 Å². The number of aryl methyl sites for hydroxylation is 1. The molecule has 1 rings (SSSR count). The van der Waals surface area contributed by atoms with E-state index in [0.717, 1.165) is 17.7 Å². The van der Waals surface area contributed by atoms with Crippen molar-refractivity contribution in [2.45, 2.75) is 32.4 Å². The summed E-state index contributed by atoms with van der Waals surface area (Å²) in [5, 5.41) is 0. The van der Waals surface area contributed by atoms with Crippen LogP contribution in [0.1, 0.15) is 30.9 Å². The van der Waals surface area contributed by atoms with Crippen LogP contribution in [0.25, 0.3) is 0 Å². The maximum absolute atomic E-state index is 12.7. The van der Waals surface area contributed by atoms with Gasteiger partial charge in [0.05, 0.1) is 5.56 Å². The van der Waals surface area contributed by atoms with E-state index in [2.05, 4.69) is 5.73 Å². The molecule has 98 valence electrons. The van der Waals surface area contributed by atoms with E-state index >= 15 is 0 Å². The minimum absolute atomic E-state index is 0.302. The highest BCUT2D eigenvalue weighted by atomic mass is 19.4. The van der Waals surface area contributed by atoms with Gasteiger partial charge in [-0.25, -0.2) is 4.39 Å². The van der Waals surface area contributed by atoms with Crippen LogP contribution in [-0.4, -0.2) is 0 Å². The number of halogens is 4. The Morgan fingerprint density at radius 1 is 1.22 bits per heavy atom. The Balaban J connectivity index is 2.58. The lowest BCUT2D eigenvalue weighted by Gasteiger charge is -2.06. The van der Waals surface area contributed by atoms with Crippen LogP contribution in [0.5, 0.6) is 0 Å². The van der Waals surface area contributed by atoms with Crippen LogP contribution in [0.15, 0.2) is 41.9 Å². The van der Waals surface area contributed by atoms with Gasteiger partial charge in [0.15, 0.2) is 0 Å². The molecular weight excluding hydrogens is 244 g/mol. The van der Waals surface area contributed by atoms with Gasteiger partial charge in [0, 0.05) is 6.42 Å². The highest BCUT2D eigenvalue weighted by molar-refractivity contribution is 5.24. The molecule has 0 fully saturated rings. The van der Waals surface area contributed by atoms with Crippen molar-refractivity contribution in [2.75, 3.05) is 0 Å². The first-order chi connectivity index (χ1) is 8.43. The van der Waals surface area contributed by atoms with Crippen LogP contribution in [0.3, 0.4) is 0 Å². The summed E-state index contributed by atoms with van der Waals surface area (Å²) in [7, 11) is 0. The number of benzene rings is 1. The molecule has 0 aliphatic rings. The quantitative estimate of drug-likeness (QED) is 0.523. The van der Waals surface area contributed by atoms with E-state index in [-0.39, 0.29) is 5.83 Å². The molecular formula is C14H14F4. The van der Waals surface area contributed by atoms with Crippen LogP contribution in [0.2, 0.25) is 0 Å². The predicted octanol–water partition coefficient (Wildman–Crippen LogP) is 5.06. The van der Waals surface area contributed by atoms with E-state index in [1.165, 1.54) is 12.1 Å². The third kappa shape index (κ3) is 4.76. The molecule has 0 atom stereocenters. The zero-order valence-electron chi connectivity index (χ0n) is 10.0. The molecule has 0 saturated carbocycles. The monoisotopic (exact) mass is 258 g/mol. The summed E-state index contributed by atoms with van der Waals surface area (Å²) >= 11 is 0. The van der Waals surface area contributed by atoms with Crippen molar-refractivity contribution in [3.8, 4) is 0 Å². The van der Waals surface area contributed by atoms with E-state index in [4.69, 9.17) is 0 Å². The molecule has 0 heterocycles. The van der Waals surface area contributed by atoms with E-state index in [1.807, 2.05) is 0 Å². The molecule has 0 bridgehead atoms. The first-order valence-corrected chi connectivity index (χ1v) is 5.69. The molecule has 1 aromatic rings. The Kier molecular flexibility index (Phi) is 5.17. The molecule has 1 aromatic carbocycles. The van der Waals surface area contributed by atoms with Crippen molar-refractivity contribution < 1.29 is 17.6 Å².